The van der Waals surface area contributed by atoms with Crippen molar-refractivity contribution in [2.24, 2.45) is 17.6 Å². The van der Waals surface area contributed by atoms with E-state index in [2.05, 4.69) is 5.32 Å². The average Bonchev–Trinajstić information content (AvgIpc) is 3.18. The fraction of sp³-hybridized carbons (Fsp3) is 0.562. The van der Waals surface area contributed by atoms with E-state index in [1.54, 1.807) is 0 Å². The van der Waals surface area contributed by atoms with Gasteiger partial charge in [0, 0.05) is 23.9 Å². The van der Waals surface area contributed by atoms with E-state index in [0.717, 1.165) is 0 Å². The zero-order chi connectivity index (χ0) is 15.8. The van der Waals surface area contributed by atoms with Crippen LogP contribution in [0.15, 0.2) is 18.2 Å². The molecule has 0 aliphatic heterocycles. The first-order valence-electron chi connectivity index (χ1n) is 7.26. The van der Waals surface area contributed by atoms with Crippen molar-refractivity contribution in [1.82, 2.24) is 5.32 Å². The fourth-order valence-corrected chi connectivity index (χ4v) is 2.47. The number of hydrogen-bond donors (Lipinski definition) is 2. The first kappa shape index (κ1) is 18.8. The Balaban J connectivity index is 0.00000242. The molecule has 1 aliphatic carbocycles. The van der Waals surface area contributed by atoms with Gasteiger partial charge in [-0.05, 0) is 31.4 Å². The minimum atomic E-state index is -0.583. The third-order valence-electron chi connectivity index (χ3n) is 4.60. The standard InChI is InChI=1S/C16H22F2N2O.ClH/c1-9(2)16(3,8-19)20-15(21)11-7-10(11)14-12(17)5-4-6-13(14)18;/h4-6,9-11H,7-8,19H2,1-3H3,(H,20,21);1H. The lowest BCUT2D eigenvalue weighted by Gasteiger charge is -2.33. The topological polar surface area (TPSA) is 55.1 Å². The van der Waals surface area contributed by atoms with Gasteiger partial charge in [-0.25, -0.2) is 8.78 Å². The van der Waals surface area contributed by atoms with Gasteiger partial charge in [0.1, 0.15) is 11.6 Å². The van der Waals surface area contributed by atoms with Crippen molar-refractivity contribution >= 4 is 18.3 Å². The summed E-state index contributed by atoms with van der Waals surface area (Å²) < 4.78 is 27.4. The predicted octanol–water partition coefficient (Wildman–Crippen LogP) is 2.98. The zero-order valence-electron chi connectivity index (χ0n) is 13.0. The maximum Gasteiger partial charge on any atom is 0.224 e. The van der Waals surface area contributed by atoms with E-state index < -0.39 is 17.2 Å². The van der Waals surface area contributed by atoms with Gasteiger partial charge in [-0.15, -0.1) is 12.4 Å². The molecular formula is C16H23ClF2N2O. The molecule has 1 amide bonds. The van der Waals surface area contributed by atoms with Crippen LogP contribution in [0.2, 0.25) is 0 Å². The summed E-state index contributed by atoms with van der Waals surface area (Å²) in [5.74, 6) is -1.92. The molecule has 1 aromatic rings. The van der Waals surface area contributed by atoms with Crippen molar-refractivity contribution in [1.29, 1.82) is 0 Å². The molecule has 3 nitrogen and oxygen atoms in total. The minimum Gasteiger partial charge on any atom is -0.349 e. The maximum absolute atomic E-state index is 13.7. The number of rotatable bonds is 5. The van der Waals surface area contributed by atoms with E-state index in [0.29, 0.717) is 13.0 Å². The van der Waals surface area contributed by atoms with Gasteiger partial charge in [0.05, 0.1) is 5.54 Å². The Bertz CT molecular complexity index is 533. The molecule has 1 fully saturated rings. The smallest absolute Gasteiger partial charge is 0.224 e. The second kappa shape index (κ2) is 6.92. The number of hydrogen-bond acceptors (Lipinski definition) is 2. The Morgan fingerprint density at radius 3 is 2.41 bits per heavy atom. The summed E-state index contributed by atoms with van der Waals surface area (Å²) in [5.41, 5.74) is 5.26. The summed E-state index contributed by atoms with van der Waals surface area (Å²) >= 11 is 0. The first-order valence-corrected chi connectivity index (χ1v) is 7.26. The van der Waals surface area contributed by atoms with Crippen molar-refractivity contribution in [2.45, 2.75) is 38.6 Å². The summed E-state index contributed by atoms with van der Waals surface area (Å²) in [5, 5.41) is 2.93. The second-order valence-electron chi connectivity index (χ2n) is 6.35. The molecule has 0 saturated heterocycles. The Hall–Kier alpha value is -1.20. The Morgan fingerprint density at radius 2 is 1.95 bits per heavy atom. The number of nitrogens with one attached hydrogen (secondary N) is 1. The number of amides is 1. The normalized spacial score (nSPS) is 22.7. The molecule has 1 aliphatic rings. The number of halogens is 3. The van der Waals surface area contributed by atoms with Gasteiger partial charge in [-0.1, -0.05) is 19.9 Å². The molecule has 22 heavy (non-hydrogen) atoms. The van der Waals surface area contributed by atoms with Gasteiger partial charge in [0.15, 0.2) is 0 Å². The van der Waals surface area contributed by atoms with Gasteiger partial charge in [0.25, 0.3) is 0 Å². The number of nitrogens with two attached hydrogens (primary N) is 1. The molecule has 1 saturated carbocycles. The summed E-state index contributed by atoms with van der Waals surface area (Å²) in [4.78, 5) is 12.3. The lowest BCUT2D eigenvalue weighted by atomic mass is 9.88. The van der Waals surface area contributed by atoms with Crippen LogP contribution in [0, 0.1) is 23.5 Å². The lowest BCUT2D eigenvalue weighted by molar-refractivity contribution is -0.124. The van der Waals surface area contributed by atoms with Gasteiger partial charge < -0.3 is 11.1 Å². The summed E-state index contributed by atoms with van der Waals surface area (Å²) in [6.45, 7) is 6.17. The molecule has 124 valence electrons. The SMILES string of the molecule is CC(C)C(C)(CN)NC(=O)C1CC1c1c(F)cccc1F.Cl. The van der Waals surface area contributed by atoms with E-state index in [9.17, 15) is 13.6 Å². The quantitative estimate of drug-likeness (QED) is 0.871. The molecular weight excluding hydrogens is 310 g/mol. The number of carbonyl (C=O) groups is 1. The highest BCUT2D eigenvalue weighted by molar-refractivity contribution is 5.85. The van der Waals surface area contributed by atoms with E-state index in [1.807, 2.05) is 20.8 Å². The monoisotopic (exact) mass is 332 g/mol. The van der Waals surface area contributed by atoms with Gasteiger partial charge in [-0.3, -0.25) is 4.79 Å². The first-order chi connectivity index (χ1) is 9.80. The summed E-state index contributed by atoms with van der Waals surface area (Å²) in [7, 11) is 0. The molecule has 3 atom stereocenters. The fourth-order valence-electron chi connectivity index (χ4n) is 2.47. The maximum atomic E-state index is 13.7. The van der Waals surface area contributed by atoms with Gasteiger partial charge in [0.2, 0.25) is 5.91 Å². The van der Waals surface area contributed by atoms with Crippen LogP contribution in [0.3, 0.4) is 0 Å². The van der Waals surface area contributed by atoms with E-state index in [1.165, 1.54) is 18.2 Å². The van der Waals surface area contributed by atoms with Crippen LogP contribution in [0.25, 0.3) is 0 Å². The summed E-state index contributed by atoms with van der Waals surface area (Å²) in [6, 6.07) is 3.78. The van der Waals surface area contributed by atoms with Gasteiger partial charge >= 0.3 is 0 Å². The molecule has 0 radical (unpaired) electrons. The lowest BCUT2D eigenvalue weighted by Crippen LogP contribution is -2.55. The van der Waals surface area contributed by atoms with Crippen LogP contribution in [0.5, 0.6) is 0 Å². The van der Waals surface area contributed by atoms with Crippen molar-refractivity contribution in [2.75, 3.05) is 6.54 Å². The van der Waals surface area contributed by atoms with Crippen molar-refractivity contribution in [3.05, 3.63) is 35.4 Å². The molecule has 0 bridgehead atoms. The molecule has 0 heterocycles. The van der Waals surface area contributed by atoms with Crippen LogP contribution in [-0.4, -0.2) is 18.0 Å². The highest BCUT2D eigenvalue weighted by Crippen LogP contribution is 2.49. The van der Waals surface area contributed by atoms with Crippen LogP contribution >= 0.6 is 12.4 Å². The van der Waals surface area contributed by atoms with Crippen molar-refractivity contribution in [3.8, 4) is 0 Å². The predicted molar refractivity (Wildman–Crippen MR) is 84.9 cm³/mol. The molecule has 1 aromatic carbocycles. The minimum absolute atomic E-state index is 0. The van der Waals surface area contributed by atoms with E-state index in [4.69, 9.17) is 5.73 Å². The molecule has 3 N–H and O–H groups in total. The molecule has 3 unspecified atom stereocenters. The highest BCUT2D eigenvalue weighted by Gasteiger charge is 2.48. The molecule has 0 spiro atoms. The molecule has 0 aromatic heterocycles. The second-order valence-corrected chi connectivity index (χ2v) is 6.35. The Labute approximate surface area is 136 Å². The Kier molecular flexibility index (Phi) is 5.93. The largest absolute Gasteiger partial charge is 0.349 e. The third-order valence-corrected chi connectivity index (χ3v) is 4.60. The Morgan fingerprint density at radius 1 is 1.41 bits per heavy atom. The van der Waals surface area contributed by atoms with Gasteiger partial charge in [-0.2, -0.15) is 0 Å². The van der Waals surface area contributed by atoms with Crippen LogP contribution < -0.4 is 11.1 Å². The summed E-state index contributed by atoms with van der Waals surface area (Å²) in [6.07, 6.45) is 0.475. The van der Waals surface area contributed by atoms with E-state index >= 15 is 0 Å². The van der Waals surface area contributed by atoms with Crippen LogP contribution in [0.4, 0.5) is 8.78 Å². The highest BCUT2D eigenvalue weighted by atomic mass is 35.5. The third kappa shape index (κ3) is 3.58. The van der Waals surface area contributed by atoms with Crippen LogP contribution in [-0.2, 0) is 4.79 Å². The number of benzene rings is 1. The van der Waals surface area contributed by atoms with Crippen molar-refractivity contribution in [3.63, 3.8) is 0 Å². The average molecular weight is 333 g/mol. The molecule has 6 heteroatoms. The van der Waals surface area contributed by atoms with E-state index in [-0.39, 0.29) is 41.6 Å². The van der Waals surface area contributed by atoms with Crippen molar-refractivity contribution < 1.29 is 13.6 Å². The molecule has 2 rings (SSSR count). The van der Waals surface area contributed by atoms with Crippen LogP contribution in [0.1, 0.15) is 38.7 Å². The zero-order valence-corrected chi connectivity index (χ0v) is 13.8. The number of carbonyl (C=O) groups excluding carboxylic acids is 1.